The van der Waals surface area contributed by atoms with Crippen molar-refractivity contribution in [2.45, 2.75) is 18.6 Å². The fraction of sp³-hybridized carbons (Fsp3) is 0.455. The molecule has 0 bridgehead atoms. The summed E-state index contributed by atoms with van der Waals surface area (Å²) in [4.78, 5) is 15.3. The number of methoxy groups -OCH3 is 1. The fourth-order valence-electron chi connectivity index (χ4n) is 1.76. The van der Waals surface area contributed by atoms with Crippen molar-refractivity contribution in [2.75, 3.05) is 19.0 Å². The maximum Gasteiger partial charge on any atom is 0.241 e. The van der Waals surface area contributed by atoms with E-state index in [-0.39, 0.29) is 18.1 Å². The molecule has 0 aliphatic carbocycles. The van der Waals surface area contributed by atoms with Crippen LogP contribution in [0.2, 0.25) is 0 Å². The van der Waals surface area contributed by atoms with Gasteiger partial charge in [-0.1, -0.05) is 0 Å². The van der Waals surface area contributed by atoms with Crippen LogP contribution in [0.3, 0.4) is 0 Å². The van der Waals surface area contributed by atoms with E-state index in [2.05, 4.69) is 15.6 Å². The normalized spacial score (nSPS) is 23.6. The van der Waals surface area contributed by atoms with Crippen molar-refractivity contribution >= 4 is 11.6 Å². The van der Waals surface area contributed by atoms with Crippen LogP contribution in [0, 0.1) is 5.95 Å². The van der Waals surface area contributed by atoms with Crippen molar-refractivity contribution in [3.05, 3.63) is 24.3 Å². The van der Waals surface area contributed by atoms with E-state index >= 15 is 0 Å². The lowest BCUT2D eigenvalue weighted by Crippen LogP contribution is -2.35. The SMILES string of the molecule is COC1CNC(C(=O)Nc2ccc(F)nc2)C1. The first-order valence-electron chi connectivity index (χ1n) is 5.37. The lowest BCUT2D eigenvalue weighted by molar-refractivity contribution is -0.118. The summed E-state index contributed by atoms with van der Waals surface area (Å²) in [5.41, 5.74) is 0.485. The van der Waals surface area contributed by atoms with Gasteiger partial charge in [-0.3, -0.25) is 4.79 Å². The van der Waals surface area contributed by atoms with Crippen molar-refractivity contribution in [1.29, 1.82) is 0 Å². The quantitative estimate of drug-likeness (QED) is 0.755. The number of pyridine rings is 1. The van der Waals surface area contributed by atoms with Crippen LogP contribution in [0.25, 0.3) is 0 Å². The maximum absolute atomic E-state index is 12.6. The first-order chi connectivity index (χ1) is 8.19. The number of nitrogens with one attached hydrogen (secondary N) is 2. The molecule has 1 aliphatic heterocycles. The molecular weight excluding hydrogens is 225 g/mol. The Kier molecular flexibility index (Phi) is 3.65. The highest BCUT2D eigenvalue weighted by Crippen LogP contribution is 2.12. The average molecular weight is 239 g/mol. The average Bonchev–Trinajstić information content (AvgIpc) is 2.81. The molecule has 0 radical (unpaired) electrons. The van der Waals surface area contributed by atoms with Crippen LogP contribution in [-0.2, 0) is 9.53 Å². The van der Waals surface area contributed by atoms with Crippen molar-refractivity contribution in [1.82, 2.24) is 10.3 Å². The number of rotatable bonds is 3. The summed E-state index contributed by atoms with van der Waals surface area (Å²) >= 11 is 0. The minimum atomic E-state index is -0.568. The Morgan fingerprint density at radius 2 is 2.47 bits per heavy atom. The van der Waals surface area contributed by atoms with E-state index in [1.807, 2.05) is 0 Å². The molecule has 1 aromatic heterocycles. The fourth-order valence-corrected chi connectivity index (χ4v) is 1.76. The van der Waals surface area contributed by atoms with E-state index < -0.39 is 5.95 Å². The molecule has 1 fully saturated rings. The summed E-state index contributed by atoms with van der Waals surface area (Å²) in [6, 6.07) is 2.41. The molecule has 17 heavy (non-hydrogen) atoms. The summed E-state index contributed by atoms with van der Waals surface area (Å²) in [5, 5.41) is 5.73. The lowest BCUT2D eigenvalue weighted by Gasteiger charge is -2.10. The molecule has 0 saturated carbocycles. The second kappa shape index (κ2) is 5.20. The number of aromatic nitrogens is 1. The molecule has 0 spiro atoms. The smallest absolute Gasteiger partial charge is 0.241 e. The Hall–Kier alpha value is -1.53. The third kappa shape index (κ3) is 2.98. The molecule has 6 heteroatoms. The van der Waals surface area contributed by atoms with Gasteiger partial charge < -0.3 is 15.4 Å². The second-order valence-corrected chi connectivity index (χ2v) is 3.91. The van der Waals surface area contributed by atoms with E-state index in [0.717, 1.165) is 0 Å². The Labute approximate surface area is 98.4 Å². The highest BCUT2D eigenvalue weighted by atomic mass is 19.1. The van der Waals surface area contributed by atoms with Crippen LogP contribution >= 0.6 is 0 Å². The number of carbonyl (C=O) groups is 1. The zero-order valence-electron chi connectivity index (χ0n) is 9.44. The Balaban J connectivity index is 1.91. The predicted octanol–water partition coefficient (Wildman–Crippen LogP) is 0.536. The van der Waals surface area contributed by atoms with Crippen LogP contribution in [0.4, 0.5) is 10.1 Å². The number of amides is 1. The van der Waals surface area contributed by atoms with E-state index in [1.165, 1.54) is 18.3 Å². The highest BCUT2D eigenvalue weighted by molar-refractivity contribution is 5.94. The Bertz CT molecular complexity index is 396. The maximum atomic E-state index is 12.6. The van der Waals surface area contributed by atoms with Crippen molar-refractivity contribution in [3.63, 3.8) is 0 Å². The van der Waals surface area contributed by atoms with Gasteiger partial charge >= 0.3 is 0 Å². The summed E-state index contributed by atoms with van der Waals surface area (Å²) < 4.78 is 17.7. The third-order valence-electron chi connectivity index (χ3n) is 2.74. The van der Waals surface area contributed by atoms with E-state index in [4.69, 9.17) is 4.74 Å². The zero-order chi connectivity index (χ0) is 12.3. The molecule has 2 unspecified atom stereocenters. The molecule has 0 aromatic carbocycles. The number of nitrogens with zero attached hydrogens (tertiary/aromatic N) is 1. The molecule has 2 heterocycles. The van der Waals surface area contributed by atoms with Crippen molar-refractivity contribution < 1.29 is 13.9 Å². The van der Waals surface area contributed by atoms with Crippen LogP contribution in [0.5, 0.6) is 0 Å². The lowest BCUT2D eigenvalue weighted by atomic mass is 10.2. The minimum absolute atomic E-state index is 0.0668. The molecule has 1 aliphatic rings. The second-order valence-electron chi connectivity index (χ2n) is 3.91. The van der Waals surface area contributed by atoms with Gasteiger partial charge in [-0.25, -0.2) is 4.98 Å². The van der Waals surface area contributed by atoms with Crippen LogP contribution in [0.15, 0.2) is 18.3 Å². The number of carbonyl (C=O) groups excluding carboxylic acids is 1. The van der Waals surface area contributed by atoms with Gasteiger partial charge in [-0.05, 0) is 18.6 Å². The first kappa shape index (κ1) is 11.9. The van der Waals surface area contributed by atoms with Crippen molar-refractivity contribution in [3.8, 4) is 0 Å². The summed E-state index contributed by atoms with van der Waals surface area (Å²) in [6.07, 6.45) is 1.99. The minimum Gasteiger partial charge on any atom is -0.380 e. The van der Waals surface area contributed by atoms with Crippen LogP contribution < -0.4 is 10.6 Å². The van der Waals surface area contributed by atoms with E-state index in [1.54, 1.807) is 7.11 Å². The molecule has 5 nitrogen and oxygen atoms in total. The van der Waals surface area contributed by atoms with Gasteiger partial charge in [-0.15, -0.1) is 0 Å². The number of ether oxygens (including phenoxy) is 1. The molecule has 2 rings (SSSR count). The molecule has 2 N–H and O–H groups in total. The highest BCUT2D eigenvalue weighted by Gasteiger charge is 2.29. The zero-order valence-corrected chi connectivity index (χ0v) is 9.44. The van der Waals surface area contributed by atoms with Crippen LogP contribution in [0.1, 0.15) is 6.42 Å². The standard InChI is InChI=1S/C11H14FN3O2/c1-17-8-4-9(13-6-8)11(16)15-7-2-3-10(12)14-5-7/h2-3,5,8-9,13H,4,6H2,1H3,(H,15,16). The molecule has 1 aromatic rings. The van der Waals surface area contributed by atoms with E-state index in [0.29, 0.717) is 18.7 Å². The number of hydrogen-bond acceptors (Lipinski definition) is 4. The Morgan fingerprint density at radius 3 is 3.06 bits per heavy atom. The molecule has 2 atom stereocenters. The van der Waals surface area contributed by atoms with Gasteiger partial charge in [0.2, 0.25) is 11.9 Å². The summed E-state index contributed by atoms with van der Waals surface area (Å²) in [7, 11) is 1.62. The number of anilines is 1. The van der Waals surface area contributed by atoms with Gasteiger partial charge in [0.1, 0.15) is 0 Å². The third-order valence-corrected chi connectivity index (χ3v) is 2.74. The van der Waals surface area contributed by atoms with Crippen molar-refractivity contribution in [2.24, 2.45) is 0 Å². The molecule has 1 amide bonds. The van der Waals surface area contributed by atoms with Gasteiger partial charge in [0.15, 0.2) is 0 Å². The first-order valence-corrected chi connectivity index (χ1v) is 5.37. The number of hydrogen-bond donors (Lipinski definition) is 2. The largest absolute Gasteiger partial charge is 0.380 e. The van der Waals surface area contributed by atoms with Crippen LogP contribution in [-0.4, -0.2) is 36.7 Å². The van der Waals surface area contributed by atoms with Gasteiger partial charge in [-0.2, -0.15) is 4.39 Å². The van der Waals surface area contributed by atoms with Gasteiger partial charge in [0, 0.05) is 13.7 Å². The molecule has 1 saturated heterocycles. The molecular formula is C11H14FN3O2. The van der Waals surface area contributed by atoms with Gasteiger partial charge in [0.05, 0.1) is 24.0 Å². The Morgan fingerprint density at radius 1 is 1.65 bits per heavy atom. The number of halogens is 1. The summed E-state index contributed by atoms with van der Waals surface area (Å²) in [6.45, 7) is 0.663. The predicted molar refractivity (Wildman–Crippen MR) is 60.0 cm³/mol. The monoisotopic (exact) mass is 239 g/mol. The van der Waals surface area contributed by atoms with E-state index in [9.17, 15) is 9.18 Å². The molecule has 92 valence electrons. The topological polar surface area (TPSA) is 63.2 Å². The summed E-state index contributed by atoms with van der Waals surface area (Å²) in [5.74, 6) is -0.723. The van der Waals surface area contributed by atoms with Gasteiger partial charge in [0.25, 0.3) is 0 Å².